The molecule has 0 bridgehead atoms. The van der Waals surface area contributed by atoms with Crippen molar-refractivity contribution in [2.45, 2.75) is 13.0 Å². The first-order valence-electron chi connectivity index (χ1n) is 7.72. The van der Waals surface area contributed by atoms with Crippen LogP contribution < -0.4 is 15.4 Å². The SMILES string of the molecule is NC(=NCc1ccc(N2CCCS2(=O)=O)c(F)c1)Nc1ccccn1. The Morgan fingerprint density at radius 1 is 1.36 bits per heavy atom. The lowest BCUT2D eigenvalue weighted by molar-refractivity contribution is 0.594. The highest BCUT2D eigenvalue weighted by atomic mass is 32.2. The number of benzene rings is 1. The van der Waals surface area contributed by atoms with Crippen molar-refractivity contribution in [1.29, 1.82) is 0 Å². The van der Waals surface area contributed by atoms with E-state index in [1.807, 2.05) is 6.07 Å². The Kier molecular flexibility index (Phi) is 4.84. The smallest absolute Gasteiger partial charge is 0.235 e. The van der Waals surface area contributed by atoms with Gasteiger partial charge >= 0.3 is 0 Å². The topological polar surface area (TPSA) is 101 Å². The van der Waals surface area contributed by atoms with Crippen LogP contribution in [0.25, 0.3) is 0 Å². The molecule has 1 saturated heterocycles. The van der Waals surface area contributed by atoms with Crippen molar-refractivity contribution < 1.29 is 12.8 Å². The van der Waals surface area contributed by atoms with Crippen LogP contribution in [0.5, 0.6) is 0 Å². The maximum absolute atomic E-state index is 14.3. The number of halogens is 1. The zero-order chi connectivity index (χ0) is 17.9. The molecule has 132 valence electrons. The first-order chi connectivity index (χ1) is 12.0. The summed E-state index contributed by atoms with van der Waals surface area (Å²) in [7, 11) is -3.41. The molecule has 25 heavy (non-hydrogen) atoms. The number of rotatable bonds is 4. The highest BCUT2D eigenvalue weighted by Gasteiger charge is 2.30. The van der Waals surface area contributed by atoms with Crippen molar-refractivity contribution in [3.8, 4) is 0 Å². The molecule has 7 nitrogen and oxygen atoms in total. The second-order valence-electron chi connectivity index (χ2n) is 5.57. The quantitative estimate of drug-likeness (QED) is 0.636. The van der Waals surface area contributed by atoms with E-state index in [9.17, 15) is 12.8 Å². The number of nitrogens with two attached hydrogens (primary N) is 1. The minimum absolute atomic E-state index is 0.0498. The van der Waals surface area contributed by atoms with Gasteiger partial charge in [-0.2, -0.15) is 0 Å². The van der Waals surface area contributed by atoms with Crippen molar-refractivity contribution in [1.82, 2.24) is 4.98 Å². The fourth-order valence-corrected chi connectivity index (χ4v) is 4.11. The van der Waals surface area contributed by atoms with Gasteiger partial charge in [-0.1, -0.05) is 12.1 Å². The monoisotopic (exact) mass is 363 g/mol. The molecule has 9 heteroatoms. The van der Waals surface area contributed by atoms with Gasteiger partial charge in [0.2, 0.25) is 10.0 Å². The molecule has 0 unspecified atom stereocenters. The summed E-state index contributed by atoms with van der Waals surface area (Å²) < 4.78 is 39.2. The summed E-state index contributed by atoms with van der Waals surface area (Å²) in [4.78, 5) is 8.19. The molecule has 1 fully saturated rings. The van der Waals surface area contributed by atoms with Crippen LogP contribution >= 0.6 is 0 Å². The number of aliphatic imine (C=N–C) groups is 1. The van der Waals surface area contributed by atoms with E-state index < -0.39 is 15.8 Å². The van der Waals surface area contributed by atoms with Gasteiger partial charge in [0.1, 0.15) is 11.6 Å². The van der Waals surface area contributed by atoms with Gasteiger partial charge in [-0.25, -0.2) is 22.8 Å². The minimum Gasteiger partial charge on any atom is -0.370 e. The van der Waals surface area contributed by atoms with E-state index in [-0.39, 0.29) is 23.9 Å². The van der Waals surface area contributed by atoms with E-state index in [2.05, 4.69) is 15.3 Å². The Morgan fingerprint density at radius 3 is 2.84 bits per heavy atom. The van der Waals surface area contributed by atoms with Gasteiger partial charge in [0.05, 0.1) is 18.0 Å². The molecule has 0 amide bonds. The molecule has 1 aromatic carbocycles. The van der Waals surface area contributed by atoms with Gasteiger partial charge in [-0.3, -0.25) is 4.31 Å². The molecular weight excluding hydrogens is 345 g/mol. The number of hydrogen-bond acceptors (Lipinski definition) is 4. The number of aromatic nitrogens is 1. The molecule has 0 aliphatic carbocycles. The fraction of sp³-hybridized carbons (Fsp3) is 0.250. The number of hydrogen-bond donors (Lipinski definition) is 2. The molecule has 0 saturated carbocycles. The van der Waals surface area contributed by atoms with E-state index in [0.29, 0.717) is 24.3 Å². The van der Waals surface area contributed by atoms with Crippen LogP contribution in [0.2, 0.25) is 0 Å². The lowest BCUT2D eigenvalue weighted by Crippen LogP contribution is -2.26. The largest absolute Gasteiger partial charge is 0.370 e. The molecule has 0 radical (unpaired) electrons. The maximum atomic E-state index is 14.3. The van der Waals surface area contributed by atoms with Gasteiger partial charge in [0.25, 0.3) is 0 Å². The fourth-order valence-electron chi connectivity index (χ4n) is 2.55. The molecule has 1 aliphatic heterocycles. The average Bonchev–Trinajstić information content (AvgIpc) is 2.93. The first kappa shape index (κ1) is 17.2. The third-order valence-electron chi connectivity index (χ3n) is 3.73. The second kappa shape index (κ2) is 7.06. The lowest BCUT2D eigenvalue weighted by atomic mass is 10.2. The Balaban J connectivity index is 1.70. The molecule has 3 rings (SSSR count). The van der Waals surface area contributed by atoms with Crippen LogP contribution in [0.3, 0.4) is 0 Å². The predicted molar refractivity (Wildman–Crippen MR) is 95.3 cm³/mol. The zero-order valence-corrected chi connectivity index (χ0v) is 14.2. The normalized spacial score (nSPS) is 16.8. The van der Waals surface area contributed by atoms with E-state index in [1.165, 1.54) is 12.1 Å². The van der Waals surface area contributed by atoms with Gasteiger partial charge in [0, 0.05) is 12.7 Å². The van der Waals surface area contributed by atoms with Gasteiger partial charge in [-0.15, -0.1) is 0 Å². The van der Waals surface area contributed by atoms with Crippen LogP contribution in [-0.4, -0.2) is 31.7 Å². The third kappa shape index (κ3) is 4.05. The van der Waals surface area contributed by atoms with Gasteiger partial charge in [-0.05, 0) is 36.2 Å². The third-order valence-corrected chi connectivity index (χ3v) is 5.59. The molecule has 0 spiro atoms. The minimum atomic E-state index is -3.41. The number of sulfonamides is 1. The highest BCUT2D eigenvalue weighted by molar-refractivity contribution is 7.93. The predicted octanol–water partition coefficient (Wildman–Crippen LogP) is 1.69. The summed E-state index contributed by atoms with van der Waals surface area (Å²) in [5, 5.41) is 2.83. The average molecular weight is 363 g/mol. The highest BCUT2D eigenvalue weighted by Crippen LogP contribution is 2.27. The van der Waals surface area contributed by atoms with E-state index in [4.69, 9.17) is 5.73 Å². The summed E-state index contributed by atoms with van der Waals surface area (Å²) >= 11 is 0. The molecule has 3 N–H and O–H groups in total. The molecule has 2 aromatic rings. The zero-order valence-electron chi connectivity index (χ0n) is 13.4. The van der Waals surface area contributed by atoms with Crippen molar-refractivity contribution in [3.05, 3.63) is 54.0 Å². The molecular formula is C16H18FN5O2S. The van der Waals surface area contributed by atoms with Crippen LogP contribution in [0.1, 0.15) is 12.0 Å². The van der Waals surface area contributed by atoms with Crippen LogP contribution in [0.15, 0.2) is 47.6 Å². The summed E-state index contributed by atoms with van der Waals surface area (Å²) in [6.07, 6.45) is 2.12. The number of nitrogens with one attached hydrogen (secondary N) is 1. The van der Waals surface area contributed by atoms with Crippen molar-refractivity contribution in [2.75, 3.05) is 21.9 Å². The van der Waals surface area contributed by atoms with E-state index in [0.717, 1.165) is 4.31 Å². The lowest BCUT2D eigenvalue weighted by Gasteiger charge is -2.17. The van der Waals surface area contributed by atoms with Crippen LogP contribution in [-0.2, 0) is 16.6 Å². The van der Waals surface area contributed by atoms with Crippen molar-refractivity contribution >= 4 is 27.5 Å². The molecule has 1 aromatic heterocycles. The number of nitrogens with zero attached hydrogens (tertiary/aromatic N) is 3. The maximum Gasteiger partial charge on any atom is 0.235 e. The second-order valence-corrected chi connectivity index (χ2v) is 7.58. The van der Waals surface area contributed by atoms with Crippen LogP contribution in [0.4, 0.5) is 15.9 Å². The summed E-state index contributed by atoms with van der Waals surface area (Å²) in [6.45, 7) is 0.466. The summed E-state index contributed by atoms with van der Waals surface area (Å²) in [6, 6.07) is 9.72. The van der Waals surface area contributed by atoms with Gasteiger partial charge in [0.15, 0.2) is 5.96 Å². The Morgan fingerprint density at radius 2 is 2.20 bits per heavy atom. The summed E-state index contributed by atoms with van der Waals surface area (Å²) in [5.74, 6) is 0.179. The van der Waals surface area contributed by atoms with E-state index in [1.54, 1.807) is 24.4 Å². The number of pyridine rings is 1. The van der Waals surface area contributed by atoms with Gasteiger partial charge < -0.3 is 11.1 Å². The summed E-state index contributed by atoms with van der Waals surface area (Å²) in [5.41, 5.74) is 6.43. The molecule has 0 atom stereocenters. The Hall–Kier alpha value is -2.68. The van der Waals surface area contributed by atoms with Crippen molar-refractivity contribution in [2.24, 2.45) is 10.7 Å². The first-order valence-corrected chi connectivity index (χ1v) is 9.33. The Labute approximate surface area is 145 Å². The molecule has 2 heterocycles. The number of guanidine groups is 1. The standard InChI is InChI=1S/C16H18FN5O2S/c17-13-10-12(5-6-14(13)22-8-3-9-25(22,23)24)11-20-16(18)21-15-4-1-2-7-19-15/h1-2,4-7,10H,3,8-9,11H2,(H3,18,19,20,21). The number of anilines is 2. The Bertz CT molecular complexity index is 887. The molecule has 1 aliphatic rings. The van der Waals surface area contributed by atoms with Crippen LogP contribution in [0, 0.1) is 5.82 Å². The van der Waals surface area contributed by atoms with E-state index >= 15 is 0 Å². The van der Waals surface area contributed by atoms with Crippen molar-refractivity contribution in [3.63, 3.8) is 0 Å².